The molecule has 0 unspecified atom stereocenters. The van der Waals surface area contributed by atoms with Gasteiger partial charge in [-0.25, -0.2) is 8.78 Å². The predicted octanol–water partition coefficient (Wildman–Crippen LogP) is 2.87. The second-order valence-electron chi connectivity index (χ2n) is 4.55. The van der Waals surface area contributed by atoms with Crippen molar-refractivity contribution in [2.75, 3.05) is 13.1 Å². The van der Waals surface area contributed by atoms with Gasteiger partial charge in [-0.3, -0.25) is 4.79 Å². The summed E-state index contributed by atoms with van der Waals surface area (Å²) in [6.07, 6.45) is -0.159. The normalized spacial score (nSPS) is 11.0. The second kappa shape index (κ2) is 8.36. The van der Waals surface area contributed by atoms with E-state index in [1.165, 1.54) is 12.1 Å². The lowest BCUT2D eigenvalue weighted by molar-refractivity contribution is 0.0118. The Morgan fingerprint density at radius 2 is 2.10 bits per heavy atom. The first-order valence-corrected chi connectivity index (χ1v) is 6.45. The first-order chi connectivity index (χ1) is 9.25. The zero-order chi connectivity index (χ0) is 15.3. The Bertz CT molecular complexity index is 485. The molecule has 0 saturated heterocycles. The summed E-state index contributed by atoms with van der Waals surface area (Å²) in [6, 6.07) is 4.46. The van der Waals surface area contributed by atoms with Crippen LogP contribution in [-0.4, -0.2) is 31.0 Å². The lowest BCUT2D eigenvalue weighted by Gasteiger charge is -2.17. The smallest absolute Gasteiger partial charge is 0.277 e. The summed E-state index contributed by atoms with van der Waals surface area (Å²) in [5.74, 6) is -3.54. The average Bonchev–Trinajstić information content (AvgIpc) is 2.37. The van der Waals surface area contributed by atoms with Gasteiger partial charge in [-0.15, -0.1) is 12.4 Å². The molecule has 1 aromatic carbocycles. The Hall–Kier alpha value is -1.11. The van der Waals surface area contributed by atoms with E-state index in [4.69, 9.17) is 22.1 Å². The van der Waals surface area contributed by atoms with E-state index in [9.17, 15) is 13.6 Å². The summed E-state index contributed by atoms with van der Waals surface area (Å²) < 4.78 is 31.5. The highest BCUT2D eigenvalue weighted by Gasteiger charge is 2.28. The largest absolute Gasteiger partial charge is 0.490 e. The molecular formula is C13H18Cl2F2N2O2. The fraction of sp³-hybridized carbons (Fsp3) is 0.462. The Morgan fingerprint density at radius 3 is 2.62 bits per heavy atom. The summed E-state index contributed by atoms with van der Waals surface area (Å²) in [5.41, 5.74) is 5.01. The molecule has 4 nitrogen and oxygen atoms in total. The van der Waals surface area contributed by atoms with Crippen LogP contribution in [0.3, 0.4) is 0 Å². The van der Waals surface area contributed by atoms with Crippen LogP contribution >= 0.6 is 24.0 Å². The Labute approximate surface area is 133 Å². The molecule has 1 rings (SSSR count). The number of carbonyl (C=O) groups excluding carboxylic acids is 1. The number of hydrogen-bond donors (Lipinski definition) is 2. The summed E-state index contributed by atoms with van der Waals surface area (Å²) in [4.78, 5) is 11.9. The molecule has 0 atom stereocenters. The van der Waals surface area contributed by atoms with Gasteiger partial charge in [-0.1, -0.05) is 11.6 Å². The zero-order valence-corrected chi connectivity index (χ0v) is 13.2. The first kappa shape index (κ1) is 19.9. The molecule has 3 N–H and O–H groups in total. The van der Waals surface area contributed by atoms with Crippen LogP contribution in [0.15, 0.2) is 18.2 Å². The van der Waals surface area contributed by atoms with E-state index in [1.807, 2.05) is 0 Å². The predicted molar refractivity (Wildman–Crippen MR) is 80.8 cm³/mol. The van der Waals surface area contributed by atoms with Gasteiger partial charge >= 0.3 is 0 Å². The van der Waals surface area contributed by atoms with Crippen LogP contribution < -0.4 is 15.8 Å². The van der Waals surface area contributed by atoms with E-state index in [0.29, 0.717) is 5.02 Å². The van der Waals surface area contributed by atoms with E-state index in [-0.39, 0.29) is 29.8 Å². The van der Waals surface area contributed by atoms with Crippen LogP contribution in [0, 0.1) is 0 Å². The lowest BCUT2D eigenvalue weighted by Crippen LogP contribution is -2.41. The fourth-order valence-corrected chi connectivity index (χ4v) is 1.59. The van der Waals surface area contributed by atoms with Gasteiger partial charge in [0.2, 0.25) is 0 Å². The summed E-state index contributed by atoms with van der Waals surface area (Å²) in [7, 11) is 0. The van der Waals surface area contributed by atoms with Gasteiger partial charge in [0.15, 0.2) is 0 Å². The van der Waals surface area contributed by atoms with Crippen LogP contribution in [0.25, 0.3) is 0 Å². The molecule has 0 fully saturated rings. The summed E-state index contributed by atoms with van der Waals surface area (Å²) in [5, 5.41) is 2.44. The zero-order valence-electron chi connectivity index (χ0n) is 11.7. The highest BCUT2D eigenvalue weighted by molar-refractivity contribution is 6.31. The summed E-state index contributed by atoms with van der Waals surface area (Å²) >= 11 is 5.81. The molecule has 0 aliphatic carbocycles. The number of amides is 1. The molecule has 0 aliphatic heterocycles. The van der Waals surface area contributed by atoms with Gasteiger partial charge in [0.1, 0.15) is 5.75 Å². The van der Waals surface area contributed by atoms with Crippen LogP contribution in [-0.2, 0) is 0 Å². The van der Waals surface area contributed by atoms with Gasteiger partial charge in [0, 0.05) is 5.02 Å². The topological polar surface area (TPSA) is 64.3 Å². The van der Waals surface area contributed by atoms with Gasteiger partial charge < -0.3 is 15.8 Å². The lowest BCUT2D eigenvalue weighted by atomic mass is 10.1. The Kier molecular flexibility index (Phi) is 7.92. The SMILES string of the molecule is CC(C)Oc1ccc(Cl)cc1C(=O)NCC(F)(F)CN.Cl. The molecule has 120 valence electrons. The first-order valence-electron chi connectivity index (χ1n) is 6.07. The van der Waals surface area contributed by atoms with E-state index in [2.05, 4.69) is 5.32 Å². The van der Waals surface area contributed by atoms with E-state index >= 15 is 0 Å². The van der Waals surface area contributed by atoms with Crippen molar-refractivity contribution in [3.63, 3.8) is 0 Å². The number of nitrogens with one attached hydrogen (secondary N) is 1. The fourth-order valence-electron chi connectivity index (χ4n) is 1.41. The third kappa shape index (κ3) is 6.46. The number of halogens is 4. The molecule has 0 aromatic heterocycles. The molecule has 0 bridgehead atoms. The molecule has 21 heavy (non-hydrogen) atoms. The van der Waals surface area contributed by atoms with Gasteiger partial charge in [-0.05, 0) is 32.0 Å². The molecule has 0 aliphatic rings. The number of benzene rings is 1. The third-order valence-electron chi connectivity index (χ3n) is 2.36. The molecule has 0 saturated carbocycles. The minimum atomic E-state index is -3.15. The quantitative estimate of drug-likeness (QED) is 0.835. The highest BCUT2D eigenvalue weighted by Crippen LogP contribution is 2.24. The molecule has 1 amide bonds. The molecule has 8 heteroatoms. The highest BCUT2D eigenvalue weighted by atomic mass is 35.5. The van der Waals surface area contributed by atoms with Crippen LogP contribution in [0.2, 0.25) is 5.02 Å². The van der Waals surface area contributed by atoms with Crippen LogP contribution in [0.5, 0.6) is 5.75 Å². The van der Waals surface area contributed by atoms with Crippen molar-refractivity contribution in [3.05, 3.63) is 28.8 Å². The van der Waals surface area contributed by atoms with Gasteiger partial charge in [-0.2, -0.15) is 0 Å². The van der Waals surface area contributed by atoms with E-state index in [0.717, 1.165) is 0 Å². The second-order valence-corrected chi connectivity index (χ2v) is 4.99. The number of hydrogen-bond acceptors (Lipinski definition) is 3. The van der Waals surface area contributed by atoms with Gasteiger partial charge in [0.05, 0.1) is 24.8 Å². The Balaban J connectivity index is 0.00000400. The number of alkyl halides is 2. The summed E-state index contributed by atoms with van der Waals surface area (Å²) in [6.45, 7) is 1.91. The van der Waals surface area contributed by atoms with Crippen molar-refractivity contribution in [1.82, 2.24) is 5.32 Å². The number of ether oxygens (including phenoxy) is 1. The number of nitrogens with two attached hydrogens (primary N) is 1. The van der Waals surface area contributed by atoms with E-state index in [1.54, 1.807) is 19.9 Å². The maximum Gasteiger partial charge on any atom is 0.277 e. The van der Waals surface area contributed by atoms with Gasteiger partial charge in [0.25, 0.3) is 11.8 Å². The standard InChI is InChI=1S/C13H17ClF2N2O2.ClH/c1-8(2)20-11-4-3-9(14)5-10(11)12(19)18-7-13(15,16)6-17;/h3-5,8H,6-7,17H2,1-2H3,(H,18,19);1H. The van der Waals surface area contributed by atoms with Crippen molar-refractivity contribution < 1.29 is 18.3 Å². The maximum atomic E-state index is 13.0. The van der Waals surface area contributed by atoms with Crippen molar-refractivity contribution >= 4 is 29.9 Å². The van der Waals surface area contributed by atoms with Crippen molar-refractivity contribution in [3.8, 4) is 5.75 Å². The molecule has 1 aromatic rings. The molecule has 0 radical (unpaired) electrons. The van der Waals surface area contributed by atoms with Crippen molar-refractivity contribution in [2.45, 2.75) is 25.9 Å². The Morgan fingerprint density at radius 1 is 1.48 bits per heavy atom. The minimum Gasteiger partial charge on any atom is -0.490 e. The minimum absolute atomic E-state index is 0. The van der Waals surface area contributed by atoms with Crippen molar-refractivity contribution in [1.29, 1.82) is 0 Å². The third-order valence-corrected chi connectivity index (χ3v) is 2.59. The molecule has 0 spiro atoms. The van der Waals surface area contributed by atoms with Crippen LogP contribution in [0.1, 0.15) is 24.2 Å². The van der Waals surface area contributed by atoms with E-state index < -0.39 is 24.9 Å². The number of carbonyl (C=O) groups is 1. The number of rotatable bonds is 6. The molecular weight excluding hydrogens is 325 g/mol. The monoisotopic (exact) mass is 342 g/mol. The van der Waals surface area contributed by atoms with Crippen molar-refractivity contribution in [2.24, 2.45) is 5.73 Å². The average molecular weight is 343 g/mol. The molecule has 0 heterocycles. The van der Waals surface area contributed by atoms with Crippen LogP contribution in [0.4, 0.5) is 8.78 Å². The maximum absolute atomic E-state index is 13.0.